The third kappa shape index (κ3) is 2.73. The van der Waals surface area contributed by atoms with Crippen molar-refractivity contribution in [1.82, 2.24) is 0 Å². The third-order valence-electron chi connectivity index (χ3n) is 3.19. The molecular weight excluding hydrogens is 289 g/mol. The fourth-order valence-electron chi connectivity index (χ4n) is 2.12. The SMILES string of the molecule is Oc1ccc2ccccc2c1C=Nc1ccc(F)c(Cl)c1. The quantitative estimate of drug-likeness (QED) is 0.657. The third-order valence-corrected chi connectivity index (χ3v) is 3.48. The average Bonchev–Trinajstić information content (AvgIpc) is 2.50. The van der Waals surface area contributed by atoms with Crippen molar-refractivity contribution in [2.24, 2.45) is 4.99 Å². The van der Waals surface area contributed by atoms with Crippen LogP contribution in [-0.4, -0.2) is 11.3 Å². The summed E-state index contributed by atoms with van der Waals surface area (Å²) >= 11 is 5.72. The molecular formula is C17H11ClFNO. The summed E-state index contributed by atoms with van der Waals surface area (Å²) in [6, 6.07) is 15.4. The van der Waals surface area contributed by atoms with Crippen LogP contribution in [0.15, 0.2) is 59.6 Å². The van der Waals surface area contributed by atoms with Gasteiger partial charge in [-0.1, -0.05) is 41.9 Å². The Balaban J connectivity index is 2.06. The number of phenols is 1. The first-order valence-electron chi connectivity index (χ1n) is 6.35. The Morgan fingerprint density at radius 3 is 2.67 bits per heavy atom. The van der Waals surface area contributed by atoms with E-state index >= 15 is 0 Å². The van der Waals surface area contributed by atoms with Crippen molar-refractivity contribution in [3.8, 4) is 5.75 Å². The molecule has 0 aromatic heterocycles. The second kappa shape index (κ2) is 5.54. The van der Waals surface area contributed by atoms with E-state index in [1.54, 1.807) is 12.3 Å². The molecule has 0 bridgehead atoms. The van der Waals surface area contributed by atoms with Gasteiger partial charge in [0.2, 0.25) is 0 Å². The Labute approximate surface area is 126 Å². The molecule has 21 heavy (non-hydrogen) atoms. The zero-order chi connectivity index (χ0) is 14.8. The van der Waals surface area contributed by atoms with Crippen LogP contribution in [0.1, 0.15) is 5.56 Å². The Bertz CT molecular complexity index is 845. The lowest BCUT2D eigenvalue weighted by Gasteiger charge is -2.04. The lowest BCUT2D eigenvalue weighted by molar-refractivity contribution is 0.475. The van der Waals surface area contributed by atoms with E-state index in [4.69, 9.17) is 11.6 Å². The van der Waals surface area contributed by atoms with Crippen LogP contribution in [0, 0.1) is 5.82 Å². The second-order valence-electron chi connectivity index (χ2n) is 4.58. The highest BCUT2D eigenvalue weighted by atomic mass is 35.5. The van der Waals surface area contributed by atoms with Gasteiger partial charge in [-0.05, 0) is 35.0 Å². The summed E-state index contributed by atoms with van der Waals surface area (Å²) in [5.41, 5.74) is 1.14. The minimum Gasteiger partial charge on any atom is -0.507 e. The van der Waals surface area contributed by atoms with Gasteiger partial charge in [0.05, 0.1) is 10.7 Å². The summed E-state index contributed by atoms with van der Waals surface area (Å²) in [5.74, 6) is -0.339. The molecule has 0 unspecified atom stereocenters. The first-order valence-corrected chi connectivity index (χ1v) is 6.73. The number of hydrogen-bond donors (Lipinski definition) is 1. The molecule has 0 aliphatic heterocycles. The Morgan fingerprint density at radius 2 is 1.86 bits per heavy atom. The molecule has 0 radical (unpaired) electrons. The van der Waals surface area contributed by atoms with Gasteiger partial charge >= 0.3 is 0 Å². The van der Waals surface area contributed by atoms with Gasteiger partial charge in [0.1, 0.15) is 11.6 Å². The number of fused-ring (bicyclic) bond motifs is 1. The smallest absolute Gasteiger partial charge is 0.141 e. The molecule has 0 fully saturated rings. The zero-order valence-electron chi connectivity index (χ0n) is 10.9. The summed E-state index contributed by atoms with van der Waals surface area (Å²) in [6.45, 7) is 0. The van der Waals surface area contributed by atoms with Crippen molar-refractivity contribution in [3.63, 3.8) is 0 Å². The lowest BCUT2D eigenvalue weighted by Crippen LogP contribution is -1.86. The van der Waals surface area contributed by atoms with Crippen LogP contribution >= 0.6 is 11.6 Å². The first-order chi connectivity index (χ1) is 10.1. The normalized spacial score (nSPS) is 11.3. The summed E-state index contributed by atoms with van der Waals surface area (Å²) in [7, 11) is 0. The molecule has 104 valence electrons. The highest BCUT2D eigenvalue weighted by Gasteiger charge is 2.05. The van der Waals surface area contributed by atoms with E-state index in [0.717, 1.165) is 10.8 Å². The van der Waals surface area contributed by atoms with E-state index in [9.17, 15) is 9.50 Å². The van der Waals surface area contributed by atoms with Gasteiger partial charge in [-0.3, -0.25) is 4.99 Å². The maximum absolute atomic E-state index is 13.1. The van der Waals surface area contributed by atoms with Gasteiger partial charge in [0.25, 0.3) is 0 Å². The molecule has 4 heteroatoms. The molecule has 0 heterocycles. The van der Waals surface area contributed by atoms with Crippen LogP contribution in [0.2, 0.25) is 5.02 Å². The molecule has 0 aliphatic rings. The van der Waals surface area contributed by atoms with Crippen molar-refractivity contribution in [3.05, 3.63) is 71.0 Å². The van der Waals surface area contributed by atoms with Crippen LogP contribution in [0.5, 0.6) is 5.75 Å². The van der Waals surface area contributed by atoms with Crippen LogP contribution in [0.4, 0.5) is 10.1 Å². The molecule has 2 nitrogen and oxygen atoms in total. The van der Waals surface area contributed by atoms with Gasteiger partial charge in [-0.15, -0.1) is 0 Å². The lowest BCUT2D eigenvalue weighted by atomic mass is 10.0. The Morgan fingerprint density at radius 1 is 1.05 bits per heavy atom. The van der Waals surface area contributed by atoms with Crippen LogP contribution in [-0.2, 0) is 0 Å². The predicted octanol–water partition coefficient (Wildman–Crippen LogP) is 5.09. The number of benzene rings is 3. The summed E-state index contributed by atoms with van der Waals surface area (Å²) < 4.78 is 13.1. The highest BCUT2D eigenvalue weighted by Crippen LogP contribution is 2.27. The predicted molar refractivity (Wildman–Crippen MR) is 84.3 cm³/mol. The number of hydrogen-bond acceptors (Lipinski definition) is 2. The molecule has 0 atom stereocenters. The molecule has 0 saturated carbocycles. The molecule has 0 aliphatic carbocycles. The Kier molecular flexibility index (Phi) is 3.59. The van der Waals surface area contributed by atoms with Gasteiger partial charge in [0.15, 0.2) is 0 Å². The maximum Gasteiger partial charge on any atom is 0.141 e. The van der Waals surface area contributed by atoms with Gasteiger partial charge in [0, 0.05) is 11.8 Å². The van der Waals surface area contributed by atoms with Gasteiger partial charge in [-0.25, -0.2) is 4.39 Å². The van der Waals surface area contributed by atoms with Crippen LogP contribution in [0.3, 0.4) is 0 Å². The van der Waals surface area contributed by atoms with Crippen molar-refractivity contribution in [1.29, 1.82) is 0 Å². The molecule has 3 rings (SSSR count). The topological polar surface area (TPSA) is 32.6 Å². The molecule has 1 N–H and O–H groups in total. The fourth-order valence-corrected chi connectivity index (χ4v) is 2.30. The molecule has 0 amide bonds. The number of aromatic hydroxyl groups is 1. The zero-order valence-corrected chi connectivity index (χ0v) is 11.7. The second-order valence-corrected chi connectivity index (χ2v) is 4.98. The molecule has 0 spiro atoms. The van der Waals surface area contributed by atoms with Crippen molar-refractivity contribution >= 4 is 34.3 Å². The maximum atomic E-state index is 13.1. The highest BCUT2D eigenvalue weighted by molar-refractivity contribution is 6.31. The molecule has 3 aromatic carbocycles. The molecule has 0 saturated heterocycles. The Hall–Kier alpha value is -2.39. The van der Waals surface area contributed by atoms with Gasteiger partial charge < -0.3 is 5.11 Å². The van der Waals surface area contributed by atoms with Crippen molar-refractivity contribution < 1.29 is 9.50 Å². The summed E-state index contributed by atoms with van der Waals surface area (Å²) in [6.07, 6.45) is 1.56. The number of phenolic OH excluding ortho intramolecular Hbond substituents is 1. The molecule has 3 aromatic rings. The van der Waals surface area contributed by atoms with E-state index in [0.29, 0.717) is 11.3 Å². The minimum atomic E-state index is -0.483. The van der Waals surface area contributed by atoms with E-state index in [-0.39, 0.29) is 10.8 Å². The number of rotatable bonds is 2. The van der Waals surface area contributed by atoms with Crippen LogP contribution < -0.4 is 0 Å². The summed E-state index contributed by atoms with van der Waals surface area (Å²) in [5, 5.41) is 11.9. The number of halogens is 2. The average molecular weight is 300 g/mol. The van der Waals surface area contributed by atoms with E-state index in [1.807, 2.05) is 30.3 Å². The van der Waals surface area contributed by atoms with E-state index in [2.05, 4.69) is 4.99 Å². The largest absolute Gasteiger partial charge is 0.507 e. The first kappa shape index (κ1) is 13.6. The number of aliphatic imine (C=N–C) groups is 1. The van der Waals surface area contributed by atoms with E-state index in [1.165, 1.54) is 18.2 Å². The summed E-state index contributed by atoms with van der Waals surface area (Å²) in [4.78, 5) is 4.25. The monoisotopic (exact) mass is 299 g/mol. The number of nitrogens with zero attached hydrogens (tertiary/aromatic N) is 1. The standard InChI is InChI=1S/C17H11ClFNO/c18-15-9-12(6-7-16(15)19)20-10-14-13-4-2-1-3-11(13)5-8-17(14)21/h1-10,21H. The van der Waals surface area contributed by atoms with E-state index < -0.39 is 5.82 Å². The minimum absolute atomic E-state index is 0.0202. The van der Waals surface area contributed by atoms with Crippen molar-refractivity contribution in [2.75, 3.05) is 0 Å². The fraction of sp³-hybridized carbons (Fsp3) is 0. The van der Waals surface area contributed by atoms with Crippen molar-refractivity contribution in [2.45, 2.75) is 0 Å². The van der Waals surface area contributed by atoms with Gasteiger partial charge in [-0.2, -0.15) is 0 Å². The van der Waals surface area contributed by atoms with Crippen LogP contribution in [0.25, 0.3) is 10.8 Å².